The summed E-state index contributed by atoms with van der Waals surface area (Å²) in [7, 11) is 1.48. The molecule has 0 aliphatic heterocycles. The first-order chi connectivity index (χ1) is 14.2. The number of fused-ring (bicyclic) bond motifs is 1. The average molecular weight is 439 g/mol. The van der Waals surface area contributed by atoms with E-state index in [1.807, 2.05) is 0 Å². The van der Waals surface area contributed by atoms with Gasteiger partial charge in [-0.3, -0.25) is 4.79 Å². The molecule has 11 heteroatoms. The molecule has 1 amide bonds. The van der Waals surface area contributed by atoms with Gasteiger partial charge in [-0.1, -0.05) is 37.1 Å². The van der Waals surface area contributed by atoms with Crippen molar-refractivity contribution in [2.24, 2.45) is 0 Å². The Morgan fingerprint density at radius 3 is 2.70 bits per heavy atom. The van der Waals surface area contributed by atoms with Crippen molar-refractivity contribution in [3.63, 3.8) is 0 Å². The first kappa shape index (κ1) is 21.8. The van der Waals surface area contributed by atoms with Crippen LogP contribution in [-0.4, -0.2) is 34.3 Å². The van der Waals surface area contributed by atoms with Gasteiger partial charge in [0.05, 0.1) is 35.8 Å². The Labute approximate surface area is 175 Å². The lowest BCUT2D eigenvalue weighted by molar-refractivity contribution is -0.121. The Kier molecular flexibility index (Phi) is 6.42. The summed E-state index contributed by atoms with van der Waals surface area (Å²) in [6, 6.07) is 10.3. The number of aromatic nitrogens is 2. The Morgan fingerprint density at radius 1 is 1.30 bits per heavy atom. The summed E-state index contributed by atoms with van der Waals surface area (Å²) < 4.78 is 38.9. The number of nitrogens with one attached hydrogen (secondary N) is 3. The number of anilines is 2. The van der Waals surface area contributed by atoms with Crippen LogP contribution in [0.2, 0.25) is 0 Å². The van der Waals surface area contributed by atoms with E-state index in [2.05, 4.69) is 33.4 Å². The number of carbonyl (C=O) groups excluding carboxylic acids is 1. The average Bonchev–Trinajstić information content (AvgIpc) is 3.14. The number of hydrogen-bond donors (Lipinski definition) is 5. The van der Waals surface area contributed by atoms with E-state index >= 15 is 0 Å². The van der Waals surface area contributed by atoms with Crippen LogP contribution in [0.15, 0.2) is 42.5 Å². The molecule has 0 fully saturated rings. The highest BCUT2D eigenvalue weighted by Crippen LogP contribution is 2.33. The van der Waals surface area contributed by atoms with E-state index in [1.165, 1.54) is 25.2 Å². The Bertz CT molecular complexity index is 1040. The van der Waals surface area contributed by atoms with Crippen LogP contribution in [0, 0.1) is 0 Å². The number of rotatable bonds is 7. The van der Waals surface area contributed by atoms with Crippen LogP contribution >= 0.6 is 12.8 Å². The second-order valence-corrected chi connectivity index (χ2v) is 6.91. The molecule has 0 aliphatic carbocycles. The standard InChI is InChI=1S/C19H20F3N5O2S/c1-23-16(29)9-15(11-4-2-6-13(8-11)27(30)19(20,21)22)25-18-24-14-7-3-5-12(10-28)17(14)26-18/h2-8,15,28,30H,9-10H2,1H3,(H,23,29)(H2,24,25,26). The predicted molar refractivity (Wildman–Crippen MR) is 111 cm³/mol. The lowest BCUT2D eigenvalue weighted by Crippen LogP contribution is -2.29. The summed E-state index contributed by atoms with van der Waals surface area (Å²) in [5.74, 6) is 0.0207. The zero-order valence-electron chi connectivity index (χ0n) is 15.9. The third-order valence-electron chi connectivity index (χ3n) is 4.50. The van der Waals surface area contributed by atoms with Gasteiger partial charge in [0.1, 0.15) is 0 Å². The molecule has 1 heterocycles. The van der Waals surface area contributed by atoms with Crippen molar-refractivity contribution in [2.75, 3.05) is 16.7 Å². The molecule has 3 aromatic rings. The van der Waals surface area contributed by atoms with Gasteiger partial charge in [-0.2, -0.15) is 0 Å². The normalized spacial score (nSPS) is 12.6. The number of nitrogens with zero attached hydrogens (tertiary/aromatic N) is 2. The number of amides is 1. The number of aliphatic hydroxyl groups excluding tert-OH is 1. The molecule has 160 valence electrons. The number of aromatic amines is 1. The highest BCUT2D eigenvalue weighted by atomic mass is 32.1. The molecule has 0 bridgehead atoms. The predicted octanol–water partition coefficient (Wildman–Crippen LogP) is 3.52. The first-order valence-corrected chi connectivity index (χ1v) is 9.34. The summed E-state index contributed by atoms with van der Waals surface area (Å²) in [4.78, 5) is 19.5. The smallest absolute Gasteiger partial charge is 0.392 e. The number of H-pyrrole nitrogens is 1. The Morgan fingerprint density at radius 2 is 2.03 bits per heavy atom. The number of aliphatic hydroxyl groups is 1. The van der Waals surface area contributed by atoms with Crippen LogP contribution in [0.4, 0.5) is 24.8 Å². The number of alkyl halides is 3. The lowest BCUT2D eigenvalue weighted by Gasteiger charge is -2.23. The molecule has 0 radical (unpaired) electrons. The molecule has 0 saturated heterocycles. The minimum absolute atomic E-state index is 0.0392. The Balaban J connectivity index is 1.95. The number of benzene rings is 2. The highest BCUT2D eigenvalue weighted by Gasteiger charge is 2.36. The summed E-state index contributed by atoms with van der Waals surface area (Å²) in [6.07, 6.45) is -4.70. The monoisotopic (exact) mass is 439 g/mol. The van der Waals surface area contributed by atoms with Gasteiger partial charge in [0, 0.05) is 12.6 Å². The summed E-state index contributed by atoms with van der Waals surface area (Å²) in [5.41, 5.74) is 2.13. The molecule has 0 aliphatic rings. The van der Waals surface area contributed by atoms with Gasteiger partial charge in [0.2, 0.25) is 11.9 Å². The van der Waals surface area contributed by atoms with Gasteiger partial charge >= 0.3 is 6.30 Å². The van der Waals surface area contributed by atoms with Gasteiger partial charge in [0.15, 0.2) is 0 Å². The van der Waals surface area contributed by atoms with Gasteiger partial charge in [-0.15, -0.1) is 13.2 Å². The molecular formula is C19H20F3N5O2S. The van der Waals surface area contributed by atoms with Crippen molar-refractivity contribution >= 4 is 41.4 Å². The molecule has 1 atom stereocenters. The minimum atomic E-state index is -4.66. The molecule has 30 heavy (non-hydrogen) atoms. The van der Waals surface area contributed by atoms with Crippen molar-refractivity contribution in [2.45, 2.75) is 25.4 Å². The molecular weight excluding hydrogens is 419 g/mol. The van der Waals surface area contributed by atoms with Crippen LogP contribution in [0.5, 0.6) is 0 Å². The minimum Gasteiger partial charge on any atom is -0.392 e. The number of halogens is 3. The molecule has 4 N–H and O–H groups in total. The van der Waals surface area contributed by atoms with Crippen LogP contribution in [0.3, 0.4) is 0 Å². The summed E-state index contributed by atoms with van der Waals surface area (Å²) >= 11 is 3.53. The van der Waals surface area contributed by atoms with E-state index in [4.69, 9.17) is 0 Å². The largest absolute Gasteiger partial charge is 0.494 e. The number of carbonyl (C=O) groups is 1. The SMILES string of the molecule is CNC(=O)CC(Nc1nc2c(CO)cccc2[nH]1)c1cccc(N(S)C(F)(F)F)c1. The van der Waals surface area contributed by atoms with Crippen molar-refractivity contribution in [3.05, 3.63) is 53.6 Å². The fraction of sp³-hybridized carbons (Fsp3) is 0.263. The number of para-hydroxylation sites is 1. The van der Waals surface area contributed by atoms with E-state index in [-0.39, 0.29) is 28.9 Å². The van der Waals surface area contributed by atoms with Crippen LogP contribution in [-0.2, 0) is 11.4 Å². The second kappa shape index (κ2) is 8.84. The van der Waals surface area contributed by atoms with Crippen molar-refractivity contribution in [1.29, 1.82) is 0 Å². The molecule has 0 saturated carbocycles. The van der Waals surface area contributed by atoms with Crippen molar-refractivity contribution < 1.29 is 23.1 Å². The second-order valence-electron chi connectivity index (χ2n) is 6.51. The van der Waals surface area contributed by atoms with Gasteiger partial charge in [-0.05, 0) is 23.8 Å². The fourth-order valence-electron chi connectivity index (χ4n) is 3.01. The molecule has 1 aromatic heterocycles. The zero-order valence-corrected chi connectivity index (χ0v) is 16.8. The maximum Gasteiger partial charge on any atom is 0.494 e. The van der Waals surface area contributed by atoms with Crippen molar-refractivity contribution in [1.82, 2.24) is 15.3 Å². The maximum atomic E-state index is 13.0. The fourth-order valence-corrected chi connectivity index (χ4v) is 3.14. The van der Waals surface area contributed by atoms with Crippen LogP contribution < -0.4 is 14.9 Å². The van der Waals surface area contributed by atoms with E-state index < -0.39 is 12.3 Å². The first-order valence-electron chi connectivity index (χ1n) is 8.94. The number of imidazole rings is 1. The van der Waals surface area contributed by atoms with E-state index in [0.29, 0.717) is 28.1 Å². The van der Waals surface area contributed by atoms with E-state index in [9.17, 15) is 23.1 Å². The number of thiol groups is 1. The van der Waals surface area contributed by atoms with Crippen LogP contribution in [0.1, 0.15) is 23.6 Å². The quantitative estimate of drug-likeness (QED) is 0.287. The molecule has 2 aromatic carbocycles. The van der Waals surface area contributed by atoms with E-state index in [1.54, 1.807) is 24.3 Å². The topological polar surface area (TPSA) is 93.3 Å². The maximum absolute atomic E-state index is 13.0. The van der Waals surface area contributed by atoms with Gasteiger partial charge in [-0.25, -0.2) is 9.29 Å². The highest BCUT2D eigenvalue weighted by molar-refractivity contribution is 7.81. The van der Waals surface area contributed by atoms with Gasteiger partial charge < -0.3 is 20.7 Å². The van der Waals surface area contributed by atoms with E-state index in [0.717, 1.165) is 0 Å². The molecule has 3 rings (SSSR count). The number of hydrogen-bond acceptors (Lipinski definition) is 6. The summed E-state index contributed by atoms with van der Waals surface area (Å²) in [5, 5.41) is 15.1. The Hall–Kier alpha value is -2.92. The molecule has 7 nitrogen and oxygen atoms in total. The lowest BCUT2D eigenvalue weighted by atomic mass is 10.0. The van der Waals surface area contributed by atoms with Crippen molar-refractivity contribution in [3.8, 4) is 0 Å². The third-order valence-corrected chi connectivity index (χ3v) is 4.96. The summed E-state index contributed by atoms with van der Waals surface area (Å²) in [6.45, 7) is -0.194. The van der Waals surface area contributed by atoms with Gasteiger partial charge in [0.25, 0.3) is 0 Å². The molecule has 1 unspecified atom stereocenters. The molecule has 0 spiro atoms. The third kappa shape index (κ3) is 4.79. The zero-order chi connectivity index (χ0) is 21.9. The van der Waals surface area contributed by atoms with Crippen LogP contribution in [0.25, 0.3) is 11.0 Å².